The maximum atomic E-state index is 8.37. The first kappa shape index (κ1) is 11.4. The number of nitrogens with zero attached hydrogens (tertiary/aromatic N) is 2. The van der Waals surface area contributed by atoms with Crippen LogP contribution in [0.2, 0.25) is 0 Å². The van der Waals surface area contributed by atoms with Gasteiger partial charge in [0.05, 0.1) is 12.7 Å². The van der Waals surface area contributed by atoms with E-state index in [1.807, 2.05) is 43.3 Å². The third kappa shape index (κ3) is 3.90. The van der Waals surface area contributed by atoms with E-state index in [-0.39, 0.29) is 0 Å². The molecule has 0 atom stereocenters. The van der Waals surface area contributed by atoms with Crippen molar-refractivity contribution in [1.82, 2.24) is 0 Å². The Balaban J connectivity index is 2.48. The Labute approximate surface area is 90.9 Å². The fourth-order valence-corrected chi connectivity index (χ4v) is 1.19. The monoisotopic (exact) mass is 204 g/mol. The molecule has 0 heterocycles. The second-order valence-corrected chi connectivity index (χ2v) is 3.50. The van der Waals surface area contributed by atoms with Crippen molar-refractivity contribution in [3.8, 4) is 11.8 Å². The van der Waals surface area contributed by atoms with Gasteiger partial charge in [0.2, 0.25) is 0 Å². The van der Waals surface area contributed by atoms with E-state index in [4.69, 9.17) is 10.00 Å². The number of anilines is 1. The average Bonchev–Trinajstić information content (AvgIpc) is 2.25. The molecule has 1 aromatic carbocycles. The number of hydrogen-bond acceptors (Lipinski definition) is 3. The normalized spacial score (nSPS) is 9.40. The van der Waals surface area contributed by atoms with Gasteiger partial charge in [0.15, 0.2) is 0 Å². The summed E-state index contributed by atoms with van der Waals surface area (Å²) < 4.78 is 5.52. The summed E-state index contributed by atoms with van der Waals surface area (Å²) in [6.45, 7) is 0.602. The molecule has 0 fully saturated rings. The van der Waals surface area contributed by atoms with Gasteiger partial charge in [-0.3, -0.25) is 0 Å². The maximum absolute atomic E-state index is 8.37. The summed E-state index contributed by atoms with van der Waals surface area (Å²) in [5.41, 5.74) is 1.12. The van der Waals surface area contributed by atoms with Gasteiger partial charge >= 0.3 is 0 Å². The van der Waals surface area contributed by atoms with Gasteiger partial charge in [0, 0.05) is 32.3 Å². The van der Waals surface area contributed by atoms with Crippen molar-refractivity contribution in [2.75, 3.05) is 25.6 Å². The molecule has 0 saturated heterocycles. The number of hydrogen-bond donors (Lipinski definition) is 0. The lowest BCUT2D eigenvalue weighted by Crippen LogP contribution is -2.08. The van der Waals surface area contributed by atoms with Gasteiger partial charge < -0.3 is 9.64 Å². The lowest BCUT2D eigenvalue weighted by molar-refractivity contribution is 0.313. The lowest BCUT2D eigenvalue weighted by atomic mass is 10.3. The molecule has 3 nitrogen and oxygen atoms in total. The van der Waals surface area contributed by atoms with E-state index in [9.17, 15) is 0 Å². The standard InChI is InChI=1S/C12H16N2O/c1-14(2)11-6-5-7-12(10-11)15-9-4-3-8-13/h5-7,10H,3-4,9H2,1-2H3. The van der Waals surface area contributed by atoms with Crippen LogP contribution in [0, 0.1) is 11.3 Å². The van der Waals surface area contributed by atoms with Gasteiger partial charge in [0.1, 0.15) is 5.75 Å². The van der Waals surface area contributed by atoms with Crippen LogP contribution >= 0.6 is 0 Å². The van der Waals surface area contributed by atoms with E-state index in [1.54, 1.807) is 0 Å². The Bertz CT molecular complexity index is 342. The minimum absolute atomic E-state index is 0.549. The summed E-state index contributed by atoms with van der Waals surface area (Å²) in [7, 11) is 3.99. The minimum Gasteiger partial charge on any atom is -0.493 e. The molecule has 0 radical (unpaired) electrons. The Hall–Kier alpha value is -1.69. The van der Waals surface area contributed by atoms with Crippen LogP contribution < -0.4 is 9.64 Å². The van der Waals surface area contributed by atoms with Gasteiger partial charge in [-0.15, -0.1) is 0 Å². The van der Waals surface area contributed by atoms with Crippen LogP contribution in [0.25, 0.3) is 0 Å². The van der Waals surface area contributed by atoms with Crippen LogP contribution in [0.4, 0.5) is 5.69 Å². The maximum Gasteiger partial charge on any atom is 0.121 e. The molecule has 0 aliphatic rings. The highest BCUT2D eigenvalue weighted by Crippen LogP contribution is 2.19. The molecule has 15 heavy (non-hydrogen) atoms. The third-order valence-corrected chi connectivity index (χ3v) is 2.04. The average molecular weight is 204 g/mol. The second-order valence-electron chi connectivity index (χ2n) is 3.50. The van der Waals surface area contributed by atoms with Crippen LogP contribution in [-0.2, 0) is 0 Å². The highest BCUT2D eigenvalue weighted by Gasteiger charge is 1.97. The van der Waals surface area contributed by atoms with E-state index in [1.165, 1.54) is 0 Å². The molecule has 0 unspecified atom stereocenters. The summed E-state index contributed by atoms with van der Waals surface area (Å²) in [4.78, 5) is 2.03. The van der Waals surface area contributed by atoms with E-state index in [0.29, 0.717) is 13.0 Å². The summed E-state index contributed by atoms with van der Waals surface area (Å²) in [6, 6.07) is 10.0. The van der Waals surface area contributed by atoms with E-state index in [2.05, 4.69) is 6.07 Å². The number of ether oxygens (including phenoxy) is 1. The van der Waals surface area contributed by atoms with Crippen molar-refractivity contribution >= 4 is 5.69 Å². The van der Waals surface area contributed by atoms with E-state index < -0.39 is 0 Å². The van der Waals surface area contributed by atoms with Crippen LogP contribution in [0.3, 0.4) is 0 Å². The van der Waals surface area contributed by atoms with Crippen molar-refractivity contribution in [2.24, 2.45) is 0 Å². The first-order chi connectivity index (χ1) is 7.24. The van der Waals surface area contributed by atoms with Gasteiger partial charge in [-0.2, -0.15) is 5.26 Å². The summed E-state index contributed by atoms with van der Waals surface area (Å²) >= 11 is 0. The number of rotatable bonds is 5. The van der Waals surface area contributed by atoms with Gasteiger partial charge in [-0.05, 0) is 18.6 Å². The second kappa shape index (κ2) is 5.92. The molecule has 1 rings (SSSR count). The smallest absolute Gasteiger partial charge is 0.121 e. The molecule has 0 amide bonds. The minimum atomic E-state index is 0.549. The Morgan fingerprint density at radius 2 is 2.20 bits per heavy atom. The first-order valence-corrected chi connectivity index (χ1v) is 5.01. The van der Waals surface area contributed by atoms with Gasteiger partial charge in [-0.1, -0.05) is 6.07 Å². The predicted molar refractivity (Wildman–Crippen MR) is 61.1 cm³/mol. The molecule has 0 saturated carbocycles. The molecule has 0 N–H and O–H groups in total. The third-order valence-electron chi connectivity index (χ3n) is 2.04. The molecule has 0 bridgehead atoms. The molecular formula is C12H16N2O. The fraction of sp³-hybridized carbons (Fsp3) is 0.417. The summed E-state index contributed by atoms with van der Waals surface area (Å²) in [5, 5.41) is 8.37. The number of nitriles is 1. The van der Waals surface area contributed by atoms with Gasteiger partial charge in [0.25, 0.3) is 0 Å². The predicted octanol–water partition coefficient (Wildman–Crippen LogP) is 2.44. The Morgan fingerprint density at radius 1 is 1.40 bits per heavy atom. The highest BCUT2D eigenvalue weighted by molar-refractivity contribution is 5.49. The SMILES string of the molecule is CN(C)c1cccc(OCCCC#N)c1. The van der Waals surface area contributed by atoms with E-state index >= 15 is 0 Å². The zero-order valence-corrected chi connectivity index (χ0v) is 9.23. The molecule has 3 heteroatoms. The van der Waals surface area contributed by atoms with Crippen LogP contribution in [0.1, 0.15) is 12.8 Å². The Morgan fingerprint density at radius 3 is 2.87 bits per heavy atom. The molecular weight excluding hydrogens is 188 g/mol. The quantitative estimate of drug-likeness (QED) is 0.691. The molecule has 0 aliphatic carbocycles. The highest BCUT2D eigenvalue weighted by atomic mass is 16.5. The van der Waals surface area contributed by atoms with Crippen molar-refractivity contribution in [1.29, 1.82) is 5.26 Å². The number of unbranched alkanes of at least 4 members (excludes halogenated alkanes) is 1. The van der Waals surface area contributed by atoms with Crippen molar-refractivity contribution in [3.63, 3.8) is 0 Å². The van der Waals surface area contributed by atoms with Crippen LogP contribution in [-0.4, -0.2) is 20.7 Å². The molecule has 0 aliphatic heterocycles. The van der Waals surface area contributed by atoms with E-state index in [0.717, 1.165) is 17.9 Å². The topological polar surface area (TPSA) is 36.3 Å². The zero-order valence-electron chi connectivity index (χ0n) is 9.23. The van der Waals surface area contributed by atoms with Crippen molar-refractivity contribution in [2.45, 2.75) is 12.8 Å². The van der Waals surface area contributed by atoms with Crippen LogP contribution in [0.5, 0.6) is 5.75 Å². The molecule has 0 aromatic heterocycles. The summed E-state index contributed by atoms with van der Waals surface area (Å²) in [6.07, 6.45) is 1.33. The zero-order chi connectivity index (χ0) is 11.1. The number of benzene rings is 1. The molecule has 0 spiro atoms. The first-order valence-electron chi connectivity index (χ1n) is 5.01. The van der Waals surface area contributed by atoms with Crippen LogP contribution in [0.15, 0.2) is 24.3 Å². The fourth-order valence-electron chi connectivity index (χ4n) is 1.19. The van der Waals surface area contributed by atoms with Crippen molar-refractivity contribution in [3.05, 3.63) is 24.3 Å². The Kier molecular flexibility index (Phi) is 4.49. The van der Waals surface area contributed by atoms with Gasteiger partial charge in [-0.25, -0.2) is 0 Å². The molecule has 80 valence electrons. The van der Waals surface area contributed by atoms with Crippen molar-refractivity contribution < 1.29 is 4.74 Å². The summed E-state index contributed by atoms with van der Waals surface area (Å²) in [5.74, 6) is 0.860. The largest absolute Gasteiger partial charge is 0.493 e. The lowest BCUT2D eigenvalue weighted by Gasteiger charge is -2.13. The molecule has 1 aromatic rings.